The van der Waals surface area contributed by atoms with Crippen LogP contribution in [0.1, 0.15) is 32.5 Å². The zero-order chi connectivity index (χ0) is 8.10. The Bertz CT molecular complexity index is 208. The third-order valence-electron chi connectivity index (χ3n) is 1.96. The largest absolute Gasteiger partial charge is 1.00 e. The number of hydrogen-bond acceptors (Lipinski definition) is 0. The average molecular weight is 233 g/mol. The second kappa shape index (κ2) is 6.23. The Labute approximate surface area is 84.8 Å². The van der Waals surface area contributed by atoms with Gasteiger partial charge in [0.25, 0.3) is 5.82 Å². The van der Waals surface area contributed by atoms with Crippen molar-refractivity contribution in [3.63, 3.8) is 0 Å². The van der Waals surface area contributed by atoms with Gasteiger partial charge in [0.1, 0.15) is 12.4 Å². The highest BCUT2D eigenvalue weighted by Gasteiger charge is 2.06. The van der Waals surface area contributed by atoms with Gasteiger partial charge in [0.2, 0.25) is 0 Å². The first-order valence-electron chi connectivity index (χ1n) is 4.44. The number of aryl methyl sites for hydroxylation is 2. The monoisotopic (exact) mass is 232 g/mol. The highest BCUT2D eigenvalue weighted by molar-refractivity contribution is 4.76. The molecule has 0 aromatic carbocycles. The van der Waals surface area contributed by atoms with Crippen LogP contribution in [0.2, 0.25) is 0 Å². The lowest BCUT2D eigenvalue weighted by Gasteiger charge is -1.94. The molecule has 0 bridgehead atoms. The molecule has 0 saturated heterocycles. The van der Waals surface area contributed by atoms with Crippen molar-refractivity contribution in [3.05, 3.63) is 18.2 Å². The fourth-order valence-electron chi connectivity index (χ4n) is 1.25. The number of nitrogens with zero attached hydrogens (tertiary/aromatic N) is 1. The van der Waals surface area contributed by atoms with E-state index in [9.17, 15) is 0 Å². The van der Waals surface area contributed by atoms with E-state index in [1.165, 1.54) is 25.1 Å². The van der Waals surface area contributed by atoms with Gasteiger partial charge in [-0.2, -0.15) is 0 Å². The Hall–Kier alpha value is -0.310. The van der Waals surface area contributed by atoms with Crippen molar-refractivity contribution < 1.29 is 21.5 Å². The molecule has 2 nitrogen and oxygen atoms in total. The van der Waals surface area contributed by atoms with E-state index < -0.39 is 0 Å². The van der Waals surface area contributed by atoms with E-state index >= 15 is 0 Å². The number of aromatic amines is 1. The Balaban J connectivity index is 0.00000121. The minimum atomic E-state index is 0. The predicted molar refractivity (Wildman–Crippen MR) is 45.3 cm³/mol. The number of aromatic nitrogens is 2. The zero-order valence-electron chi connectivity index (χ0n) is 7.81. The number of nitrogens with one attached hydrogen (secondary N) is 1. The molecule has 0 aliphatic heterocycles. The summed E-state index contributed by atoms with van der Waals surface area (Å²) in [5, 5.41) is 0. The van der Waals surface area contributed by atoms with Gasteiger partial charge in [-0.3, -0.25) is 0 Å². The van der Waals surface area contributed by atoms with E-state index in [1.54, 1.807) is 0 Å². The Morgan fingerprint density at radius 3 is 2.75 bits per heavy atom. The summed E-state index contributed by atoms with van der Waals surface area (Å²) in [4.78, 5) is 3.25. The van der Waals surface area contributed by atoms with Crippen LogP contribution in [0.15, 0.2) is 12.4 Å². The topological polar surface area (TPSA) is 19.7 Å². The smallest absolute Gasteiger partial charge is 0.254 e. The van der Waals surface area contributed by atoms with Crippen molar-refractivity contribution in [2.45, 2.75) is 39.7 Å². The SMILES string of the molecule is CCCCc1[nH]cc[n+]1CC.[Br-]. The van der Waals surface area contributed by atoms with E-state index in [4.69, 9.17) is 0 Å². The first-order chi connectivity index (χ1) is 5.38. The maximum atomic E-state index is 3.25. The van der Waals surface area contributed by atoms with Crippen molar-refractivity contribution in [1.82, 2.24) is 4.98 Å². The molecule has 70 valence electrons. The van der Waals surface area contributed by atoms with E-state index in [1.807, 2.05) is 6.20 Å². The van der Waals surface area contributed by atoms with E-state index in [2.05, 4.69) is 29.6 Å². The lowest BCUT2D eigenvalue weighted by molar-refractivity contribution is -0.699. The van der Waals surface area contributed by atoms with Crippen LogP contribution in [0, 0.1) is 0 Å². The molecule has 0 fully saturated rings. The van der Waals surface area contributed by atoms with Crippen LogP contribution in [0.5, 0.6) is 0 Å². The number of rotatable bonds is 4. The van der Waals surface area contributed by atoms with Gasteiger partial charge in [0.15, 0.2) is 0 Å². The van der Waals surface area contributed by atoms with Crippen LogP contribution in [-0.2, 0) is 13.0 Å². The quantitative estimate of drug-likeness (QED) is 0.622. The Morgan fingerprint density at radius 1 is 1.42 bits per heavy atom. The maximum Gasteiger partial charge on any atom is 0.254 e. The van der Waals surface area contributed by atoms with E-state index in [0.29, 0.717) is 0 Å². The van der Waals surface area contributed by atoms with Crippen LogP contribution < -0.4 is 21.5 Å². The number of H-pyrrole nitrogens is 1. The summed E-state index contributed by atoms with van der Waals surface area (Å²) in [6.07, 6.45) is 7.83. The maximum absolute atomic E-state index is 3.25. The number of unbranched alkanes of at least 4 members (excludes halogenated alkanes) is 1. The molecule has 0 aliphatic rings. The molecule has 1 aromatic rings. The highest BCUT2D eigenvalue weighted by atomic mass is 79.9. The van der Waals surface area contributed by atoms with Crippen LogP contribution in [-0.4, -0.2) is 4.98 Å². The minimum Gasteiger partial charge on any atom is -1.00 e. The average Bonchev–Trinajstić information content (AvgIpc) is 2.47. The summed E-state index contributed by atoms with van der Waals surface area (Å²) in [6.45, 7) is 5.46. The molecule has 1 N–H and O–H groups in total. The van der Waals surface area contributed by atoms with Crippen molar-refractivity contribution in [3.8, 4) is 0 Å². The fourth-order valence-corrected chi connectivity index (χ4v) is 1.25. The Kier molecular flexibility index (Phi) is 6.07. The molecule has 1 rings (SSSR count). The summed E-state index contributed by atoms with van der Waals surface area (Å²) in [7, 11) is 0. The van der Waals surface area contributed by atoms with E-state index in [-0.39, 0.29) is 17.0 Å². The zero-order valence-corrected chi connectivity index (χ0v) is 9.39. The van der Waals surface area contributed by atoms with Gasteiger partial charge in [-0.25, -0.2) is 9.55 Å². The normalized spacial score (nSPS) is 9.50. The van der Waals surface area contributed by atoms with Crippen molar-refractivity contribution in [2.24, 2.45) is 0 Å². The highest BCUT2D eigenvalue weighted by Crippen LogP contribution is 1.95. The number of hydrogen-bond donors (Lipinski definition) is 1. The molecule has 12 heavy (non-hydrogen) atoms. The molecule has 1 aromatic heterocycles. The number of halogens is 1. The summed E-state index contributed by atoms with van der Waals surface area (Å²) < 4.78 is 2.26. The molecular weight excluding hydrogens is 216 g/mol. The summed E-state index contributed by atoms with van der Waals surface area (Å²) in [5.74, 6) is 1.36. The lowest BCUT2D eigenvalue weighted by Crippen LogP contribution is -3.00. The first kappa shape index (κ1) is 11.7. The van der Waals surface area contributed by atoms with Crippen molar-refractivity contribution >= 4 is 0 Å². The minimum absolute atomic E-state index is 0. The van der Waals surface area contributed by atoms with Crippen LogP contribution in [0.4, 0.5) is 0 Å². The fraction of sp³-hybridized carbons (Fsp3) is 0.667. The Morgan fingerprint density at radius 2 is 2.17 bits per heavy atom. The van der Waals surface area contributed by atoms with Gasteiger partial charge in [-0.15, -0.1) is 0 Å². The van der Waals surface area contributed by atoms with Gasteiger partial charge < -0.3 is 17.0 Å². The molecule has 3 heteroatoms. The van der Waals surface area contributed by atoms with Crippen molar-refractivity contribution in [2.75, 3.05) is 0 Å². The van der Waals surface area contributed by atoms with Gasteiger partial charge >= 0.3 is 0 Å². The van der Waals surface area contributed by atoms with Gasteiger partial charge in [0.05, 0.1) is 6.54 Å². The van der Waals surface area contributed by atoms with Crippen LogP contribution >= 0.6 is 0 Å². The lowest BCUT2D eigenvalue weighted by atomic mass is 10.2. The van der Waals surface area contributed by atoms with Gasteiger partial charge in [-0.1, -0.05) is 13.3 Å². The second-order valence-electron chi connectivity index (χ2n) is 2.80. The molecule has 0 spiro atoms. The molecule has 0 aliphatic carbocycles. The predicted octanol–water partition coefficient (Wildman–Crippen LogP) is -1.33. The molecule has 0 amide bonds. The summed E-state index contributed by atoms with van der Waals surface area (Å²) in [6, 6.07) is 0. The molecular formula is C9H17BrN2. The molecule has 0 radical (unpaired) electrons. The summed E-state index contributed by atoms with van der Waals surface area (Å²) >= 11 is 0. The van der Waals surface area contributed by atoms with Crippen LogP contribution in [0.25, 0.3) is 0 Å². The van der Waals surface area contributed by atoms with Crippen LogP contribution in [0.3, 0.4) is 0 Å². The third kappa shape index (κ3) is 2.97. The van der Waals surface area contributed by atoms with E-state index in [0.717, 1.165) is 6.54 Å². The number of imidazole rings is 1. The molecule has 0 saturated carbocycles. The second-order valence-corrected chi connectivity index (χ2v) is 2.80. The van der Waals surface area contributed by atoms with Crippen molar-refractivity contribution in [1.29, 1.82) is 0 Å². The molecule has 0 unspecified atom stereocenters. The van der Waals surface area contributed by atoms with Gasteiger partial charge in [-0.05, 0) is 13.3 Å². The standard InChI is InChI=1S/C9H16N2.BrH/c1-3-5-6-9-10-7-8-11(9)4-2;/h7-8H,3-6H2,1-2H3;1H. The summed E-state index contributed by atoms with van der Waals surface area (Å²) in [5.41, 5.74) is 0. The van der Waals surface area contributed by atoms with Gasteiger partial charge in [0, 0.05) is 6.42 Å². The molecule has 0 atom stereocenters. The first-order valence-corrected chi connectivity index (χ1v) is 4.44. The molecule has 1 heterocycles. The third-order valence-corrected chi connectivity index (χ3v) is 1.96.